The van der Waals surface area contributed by atoms with Gasteiger partial charge in [-0.05, 0) is 29.9 Å². The van der Waals surface area contributed by atoms with E-state index in [0.29, 0.717) is 29.4 Å². The molecule has 134 valence electrons. The van der Waals surface area contributed by atoms with Gasteiger partial charge in [0.2, 0.25) is 4.77 Å². The second kappa shape index (κ2) is 8.35. The average Bonchev–Trinajstić information content (AvgIpc) is 3.06. The Morgan fingerprint density at radius 1 is 1.23 bits per heavy atom. The van der Waals surface area contributed by atoms with Crippen LogP contribution in [0.25, 0.3) is 11.4 Å². The predicted octanol–water partition coefficient (Wildman–Crippen LogP) is 3.92. The minimum Gasteiger partial charge on any atom is -0.493 e. The van der Waals surface area contributed by atoms with E-state index in [1.54, 1.807) is 17.9 Å². The number of aromatic amines is 1. The smallest absolute Gasteiger partial charge is 0.214 e. The van der Waals surface area contributed by atoms with Crippen LogP contribution in [-0.4, -0.2) is 28.6 Å². The number of aromatic nitrogens is 3. The summed E-state index contributed by atoms with van der Waals surface area (Å²) in [6, 6.07) is 15.6. The Hall–Kier alpha value is -3.06. The van der Waals surface area contributed by atoms with Crippen LogP contribution in [-0.2, 0) is 6.54 Å². The summed E-state index contributed by atoms with van der Waals surface area (Å²) in [6.45, 7) is 4.63. The Kier molecular flexibility index (Phi) is 5.70. The molecule has 0 unspecified atom stereocenters. The normalized spacial score (nSPS) is 10.3. The molecule has 2 N–H and O–H groups in total. The fourth-order valence-electron chi connectivity index (χ4n) is 2.48. The molecule has 0 aliphatic rings. The lowest BCUT2D eigenvalue weighted by atomic mass is 10.2. The van der Waals surface area contributed by atoms with Gasteiger partial charge >= 0.3 is 0 Å². The lowest BCUT2D eigenvalue weighted by molar-refractivity contribution is 0.326. The summed E-state index contributed by atoms with van der Waals surface area (Å²) in [5.74, 6) is 2.08. The quantitative estimate of drug-likeness (QED) is 0.466. The average molecular weight is 368 g/mol. The SMILES string of the molecule is C=CCOc1ccc(CNn2c(-c3ccccc3)n[nH]c2=S)cc1OC. The van der Waals surface area contributed by atoms with Crippen molar-refractivity contribution in [1.29, 1.82) is 0 Å². The van der Waals surface area contributed by atoms with Gasteiger partial charge in [0.25, 0.3) is 0 Å². The summed E-state index contributed by atoms with van der Waals surface area (Å²) in [5, 5.41) is 7.14. The van der Waals surface area contributed by atoms with Gasteiger partial charge in [-0.3, -0.25) is 0 Å². The summed E-state index contributed by atoms with van der Waals surface area (Å²) in [4.78, 5) is 0. The van der Waals surface area contributed by atoms with Crippen molar-refractivity contribution < 1.29 is 9.47 Å². The zero-order chi connectivity index (χ0) is 18.4. The first kappa shape index (κ1) is 17.8. The predicted molar refractivity (Wildman–Crippen MR) is 105 cm³/mol. The van der Waals surface area contributed by atoms with E-state index >= 15 is 0 Å². The lowest BCUT2D eigenvalue weighted by Gasteiger charge is -2.13. The number of hydrogen-bond donors (Lipinski definition) is 2. The maximum absolute atomic E-state index is 5.58. The molecular formula is C19H20N4O2S. The number of nitrogens with zero attached hydrogens (tertiary/aromatic N) is 2. The van der Waals surface area contributed by atoms with Crippen LogP contribution in [0.4, 0.5) is 0 Å². The molecule has 0 spiro atoms. The molecule has 3 aromatic rings. The largest absolute Gasteiger partial charge is 0.493 e. The van der Waals surface area contributed by atoms with Gasteiger partial charge in [0.15, 0.2) is 17.3 Å². The van der Waals surface area contributed by atoms with E-state index in [0.717, 1.165) is 17.0 Å². The first-order chi connectivity index (χ1) is 12.7. The Bertz CT molecular complexity index is 934. The second-order valence-corrected chi connectivity index (χ2v) is 5.86. The molecule has 7 heteroatoms. The molecule has 0 atom stereocenters. The molecular weight excluding hydrogens is 348 g/mol. The Morgan fingerprint density at radius 2 is 2.04 bits per heavy atom. The van der Waals surface area contributed by atoms with Crippen molar-refractivity contribution in [3.63, 3.8) is 0 Å². The molecule has 0 saturated heterocycles. The molecule has 0 aliphatic heterocycles. The third kappa shape index (κ3) is 3.94. The standard InChI is InChI=1S/C19H20N4O2S/c1-3-11-25-16-10-9-14(12-17(16)24-2)13-20-23-18(21-22-19(23)26)15-7-5-4-6-8-15/h3-10,12,20H,1,11,13H2,2H3,(H,22,26). The maximum atomic E-state index is 5.58. The molecule has 0 saturated carbocycles. The van der Waals surface area contributed by atoms with E-state index in [1.807, 2.05) is 48.5 Å². The molecule has 0 fully saturated rings. The zero-order valence-corrected chi connectivity index (χ0v) is 15.3. The van der Waals surface area contributed by atoms with E-state index in [9.17, 15) is 0 Å². The van der Waals surface area contributed by atoms with Gasteiger partial charge in [0.05, 0.1) is 13.7 Å². The molecule has 0 amide bonds. The summed E-state index contributed by atoms with van der Waals surface area (Å²) in [6.07, 6.45) is 1.70. The van der Waals surface area contributed by atoms with E-state index in [1.165, 1.54) is 0 Å². The third-order valence-corrected chi connectivity index (χ3v) is 4.00. The zero-order valence-electron chi connectivity index (χ0n) is 14.4. The summed E-state index contributed by atoms with van der Waals surface area (Å²) < 4.78 is 13.2. The van der Waals surface area contributed by atoms with Crippen LogP contribution in [0.1, 0.15) is 5.56 Å². The summed E-state index contributed by atoms with van der Waals surface area (Å²) in [5.41, 5.74) is 5.29. The van der Waals surface area contributed by atoms with Crippen LogP contribution in [0.15, 0.2) is 61.2 Å². The molecule has 0 radical (unpaired) electrons. The van der Waals surface area contributed by atoms with Crippen molar-refractivity contribution in [3.8, 4) is 22.9 Å². The topological polar surface area (TPSA) is 64.1 Å². The molecule has 26 heavy (non-hydrogen) atoms. The lowest BCUT2D eigenvalue weighted by Crippen LogP contribution is -2.16. The first-order valence-electron chi connectivity index (χ1n) is 8.10. The molecule has 1 heterocycles. The number of ether oxygens (including phenoxy) is 2. The van der Waals surface area contributed by atoms with Gasteiger partial charge in [-0.15, -0.1) is 0 Å². The highest BCUT2D eigenvalue weighted by atomic mass is 32.1. The van der Waals surface area contributed by atoms with Crippen molar-refractivity contribution in [2.75, 3.05) is 19.1 Å². The van der Waals surface area contributed by atoms with Crippen molar-refractivity contribution in [3.05, 3.63) is 71.5 Å². The van der Waals surface area contributed by atoms with E-state index < -0.39 is 0 Å². The maximum Gasteiger partial charge on any atom is 0.214 e. The van der Waals surface area contributed by atoms with Crippen LogP contribution >= 0.6 is 12.2 Å². The van der Waals surface area contributed by atoms with Gasteiger partial charge in [0.1, 0.15) is 6.61 Å². The van der Waals surface area contributed by atoms with Crippen LogP contribution in [0.3, 0.4) is 0 Å². The first-order valence-corrected chi connectivity index (χ1v) is 8.51. The van der Waals surface area contributed by atoms with Gasteiger partial charge in [-0.1, -0.05) is 49.1 Å². The van der Waals surface area contributed by atoms with Gasteiger partial charge in [-0.2, -0.15) is 5.10 Å². The van der Waals surface area contributed by atoms with Crippen molar-refractivity contribution in [2.24, 2.45) is 0 Å². The highest BCUT2D eigenvalue weighted by Gasteiger charge is 2.09. The number of methoxy groups -OCH3 is 1. The van der Waals surface area contributed by atoms with Gasteiger partial charge in [0, 0.05) is 5.56 Å². The fraction of sp³-hybridized carbons (Fsp3) is 0.158. The van der Waals surface area contributed by atoms with Crippen LogP contribution in [0.2, 0.25) is 0 Å². The second-order valence-electron chi connectivity index (χ2n) is 5.47. The summed E-state index contributed by atoms with van der Waals surface area (Å²) >= 11 is 5.33. The third-order valence-electron chi connectivity index (χ3n) is 3.73. The van der Waals surface area contributed by atoms with Gasteiger partial charge < -0.3 is 14.9 Å². The minimum atomic E-state index is 0.429. The van der Waals surface area contributed by atoms with Crippen molar-refractivity contribution in [1.82, 2.24) is 14.9 Å². The fourth-order valence-corrected chi connectivity index (χ4v) is 2.68. The Labute approximate surface area is 157 Å². The highest BCUT2D eigenvalue weighted by molar-refractivity contribution is 7.71. The Morgan fingerprint density at radius 3 is 2.77 bits per heavy atom. The molecule has 1 aromatic heterocycles. The number of rotatable bonds is 8. The number of H-pyrrole nitrogens is 1. The van der Waals surface area contributed by atoms with Crippen LogP contribution in [0, 0.1) is 4.77 Å². The van der Waals surface area contributed by atoms with Crippen LogP contribution in [0.5, 0.6) is 11.5 Å². The van der Waals surface area contributed by atoms with E-state index in [2.05, 4.69) is 22.2 Å². The van der Waals surface area contributed by atoms with Crippen molar-refractivity contribution in [2.45, 2.75) is 6.54 Å². The minimum absolute atomic E-state index is 0.429. The number of nitrogens with one attached hydrogen (secondary N) is 2. The Balaban J connectivity index is 1.79. The number of hydrogen-bond acceptors (Lipinski definition) is 5. The molecule has 6 nitrogen and oxygen atoms in total. The monoisotopic (exact) mass is 368 g/mol. The summed E-state index contributed by atoms with van der Waals surface area (Å²) in [7, 11) is 1.62. The van der Waals surface area contributed by atoms with E-state index in [4.69, 9.17) is 21.7 Å². The molecule has 0 aliphatic carbocycles. The molecule has 0 bridgehead atoms. The van der Waals surface area contributed by atoms with E-state index in [-0.39, 0.29) is 0 Å². The highest BCUT2D eigenvalue weighted by Crippen LogP contribution is 2.28. The number of benzene rings is 2. The van der Waals surface area contributed by atoms with Crippen molar-refractivity contribution >= 4 is 12.2 Å². The van der Waals surface area contributed by atoms with Crippen LogP contribution < -0.4 is 14.9 Å². The molecule has 2 aromatic carbocycles. The van der Waals surface area contributed by atoms with Gasteiger partial charge in [-0.25, -0.2) is 9.77 Å². The molecule has 3 rings (SSSR count).